The Morgan fingerprint density at radius 3 is 2.48 bits per heavy atom. The second-order valence-electron chi connectivity index (χ2n) is 4.87. The van der Waals surface area contributed by atoms with E-state index in [0.717, 1.165) is 23.4 Å². The van der Waals surface area contributed by atoms with Crippen LogP contribution < -0.4 is 10.6 Å². The standard InChI is InChI=1S/C17H19FN2O/c1-3-19-16-9-6-14(10-12(16)2)17(21)20-11-13-4-7-15(18)8-5-13/h4-10,19H,3,11H2,1-2H3,(H,20,21). The van der Waals surface area contributed by atoms with Crippen LogP contribution in [0.25, 0.3) is 0 Å². The number of nitrogens with one attached hydrogen (secondary N) is 2. The molecule has 1 amide bonds. The smallest absolute Gasteiger partial charge is 0.251 e. The molecular formula is C17H19FN2O. The van der Waals surface area contributed by atoms with Crippen LogP contribution >= 0.6 is 0 Å². The lowest BCUT2D eigenvalue weighted by atomic mass is 10.1. The van der Waals surface area contributed by atoms with E-state index in [2.05, 4.69) is 10.6 Å². The van der Waals surface area contributed by atoms with Gasteiger partial charge in [0.1, 0.15) is 5.82 Å². The number of aryl methyl sites for hydroxylation is 1. The first-order valence-electron chi connectivity index (χ1n) is 6.97. The van der Waals surface area contributed by atoms with Gasteiger partial charge in [0.05, 0.1) is 0 Å². The number of anilines is 1. The van der Waals surface area contributed by atoms with Crippen LogP contribution in [0.5, 0.6) is 0 Å². The second kappa shape index (κ2) is 6.88. The highest BCUT2D eigenvalue weighted by atomic mass is 19.1. The van der Waals surface area contributed by atoms with Crippen LogP contribution in [0.4, 0.5) is 10.1 Å². The molecule has 0 bridgehead atoms. The van der Waals surface area contributed by atoms with Gasteiger partial charge >= 0.3 is 0 Å². The van der Waals surface area contributed by atoms with Crippen molar-refractivity contribution in [1.82, 2.24) is 5.32 Å². The van der Waals surface area contributed by atoms with Crippen LogP contribution in [-0.4, -0.2) is 12.5 Å². The SMILES string of the molecule is CCNc1ccc(C(=O)NCc2ccc(F)cc2)cc1C. The van der Waals surface area contributed by atoms with Crippen molar-refractivity contribution in [3.63, 3.8) is 0 Å². The Balaban J connectivity index is 2.00. The summed E-state index contributed by atoms with van der Waals surface area (Å²) in [7, 11) is 0. The Morgan fingerprint density at radius 2 is 1.86 bits per heavy atom. The minimum Gasteiger partial charge on any atom is -0.385 e. The zero-order valence-electron chi connectivity index (χ0n) is 12.2. The van der Waals surface area contributed by atoms with Crippen LogP contribution in [0.15, 0.2) is 42.5 Å². The van der Waals surface area contributed by atoms with E-state index >= 15 is 0 Å². The van der Waals surface area contributed by atoms with E-state index in [-0.39, 0.29) is 11.7 Å². The van der Waals surface area contributed by atoms with E-state index in [1.54, 1.807) is 18.2 Å². The average molecular weight is 286 g/mol. The summed E-state index contributed by atoms with van der Waals surface area (Å²) < 4.78 is 12.8. The first-order chi connectivity index (χ1) is 10.1. The van der Waals surface area contributed by atoms with Gasteiger partial charge in [0.25, 0.3) is 5.91 Å². The second-order valence-corrected chi connectivity index (χ2v) is 4.87. The normalized spacial score (nSPS) is 10.2. The molecule has 0 unspecified atom stereocenters. The first kappa shape index (κ1) is 15.0. The number of hydrogen-bond acceptors (Lipinski definition) is 2. The summed E-state index contributed by atoms with van der Waals surface area (Å²) in [5.41, 5.74) is 3.56. The molecule has 4 heteroatoms. The number of benzene rings is 2. The fraction of sp³-hybridized carbons (Fsp3) is 0.235. The predicted octanol–water partition coefficient (Wildman–Crippen LogP) is 3.50. The van der Waals surface area contributed by atoms with Gasteiger partial charge in [-0.25, -0.2) is 4.39 Å². The molecule has 3 nitrogen and oxygen atoms in total. The van der Waals surface area contributed by atoms with E-state index in [9.17, 15) is 9.18 Å². The summed E-state index contributed by atoms with van der Waals surface area (Å²) >= 11 is 0. The van der Waals surface area contributed by atoms with Gasteiger partial charge in [-0.1, -0.05) is 12.1 Å². The highest BCUT2D eigenvalue weighted by Gasteiger charge is 2.07. The van der Waals surface area contributed by atoms with E-state index in [1.165, 1.54) is 12.1 Å². The van der Waals surface area contributed by atoms with Gasteiger partial charge in [-0.05, 0) is 55.3 Å². The minimum absolute atomic E-state index is 0.134. The molecule has 0 aliphatic heterocycles. The molecule has 2 rings (SSSR count). The van der Waals surface area contributed by atoms with Gasteiger partial charge in [0.15, 0.2) is 0 Å². The van der Waals surface area contributed by atoms with E-state index < -0.39 is 0 Å². The number of carbonyl (C=O) groups is 1. The highest BCUT2D eigenvalue weighted by molar-refractivity contribution is 5.94. The number of rotatable bonds is 5. The van der Waals surface area contributed by atoms with Crippen molar-refractivity contribution < 1.29 is 9.18 Å². The minimum atomic E-state index is -0.278. The summed E-state index contributed by atoms with van der Waals surface area (Å²) in [5, 5.41) is 6.07. The van der Waals surface area contributed by atoms with Crippen LogP contribution in [0.2, 0.25) is 0 Å². The van der Waals surface area contributed by atoms with Gasteiger partial charge in [-0.15, -0.1) is 0 Å². The lowest BCUT2D eigenvalue weighted by Gasteiger charge is -2.10. The summed E-state index contributed by atoms with van der Waals surface area (Å²) in [6.07, 6.45) is 0. The first-order valence-corrected chi connectivity index (χ1v) is 6.97. The summed E-state index contributed by atoms with van der Waals surface area (Å²) in [4.78, 5) is 12.1. The third-order valence-electron chi connectivity index (χ3n) is 3.22. The topological polar surface area (TPSA) is 41.1 Å². The molecule has 0 radical (unpaired) electrons. The molecule has 2 N–H and O–H groups in total. The van der Waals surface area contributed by atoms with Gasteiger partial charge < -0.3 is 10.6 Å². The molecule has 0 atom stereocenters. The lowest BCUT2D eigenvalue weighted by Crippen LogP contribution is -2.22. The largest absolute Gasteiger partial charge is 0.385 e. The van der Waals surface area contributed by atoms with Gasteiger partial charge in [-0.2, -0.15) is 0 Å². The molecule has 0 fully saturated rings. The molecule has 2 aromatic carbocycles. The van der Waals surface area contributed by atoms with Crippen LogP contribution in [-0.2, 0) is 6.54 Å². The molecule has 0 spiro atoms. The average Bonchev–Trinajstić information content (AvgIpc) is 2.48. The summed E-state index contributed by atoms with van der Waals surface area (Å²) in [6.45, 7) is 5.22. The Hall–Kier alpha value is -2.36. The zero-order valence-corrected chi connectivity index (χ0v) is 12.2. The number of hydrogen-bond donors (Lipinski definition) is 2. The lowest BCUT2D eigenvalue weighted by molar-refractivity contribution is 0.0951. The predicted molar refractivity (Wildman–Crippen MR) is 82.9 cm³/mol. The van der Waals surface area contributed by atoms with Crippen molar-refractivity contribution in [1.29, 1.82) is 0 Å². The van der Waals surface area contributed by atoms with Crippen molar-refractivity contribution in [3.8, 4) is 0 Å². The van der Waals surface area contributed by atoms with Crippen molar-refractivity contribution in [2.45, 2.75) is 20.4 Å². The van der Waals surface area contributed by atoms with E-state index in [1.807, 2.05) is 26.0 Å². The maximum Gasteiger partial charge on any atom is 0.251 e. The van der Waals surface area contributed by atoms with E-state index in [4.69, 9.17) is 0 Å². The monoisotopic (exact) mass is 286 g/mol. The third kappa shape index (κ3) is 4.05. The zero-order chi connectivity index (χ0) is 15.2. The quantitative estimate of drug-likeness (QED) is 0.883. The van der Waals surface area contributed by atoms with Gasteiger partial charge in [0, 0.05) is 24.3 Å². The fourth-order valence-corrected chi connectivity index (χ4v) is 2.08. The summed E-state index contributed by atoms with van der Waals surface area (Å²) in [5.74, 6) is -0.412. The molecule has 0 aliphatic rings. The van der Waals surface area contributed by atoms with Crippen molar-refractivity contribution in [2.24, 2.45) is 0 Å². The molecule has 2 aromatic rings. The Kier molecular flexibility index (Phi) is 4.93. The molecule has 0 saturated heterocycles. The Morgan fingerprint density at radius 1 is 1.14 bits per heavy atom. The molecule has 0 saturated carbocycles. The number of amides is 1. The maximum absolute atomic E-state index is 12.8. The molecule has 110 valence electrons. The van der Waals surface area contributed by atoms with Crippen LogP contribution in [0.1, 0.15) is 28.4 Å². The van der Waals surface area contributed by atoms with Crippen molar-refractivity contribution in [3.05, 3.63) is 65.0 Å². The van der Waals surface area contributed by atoms with Gasteiger partial charge in [-0.3, -0.25) is 4.79 Å². The molecular weight excluding hydrogens is 267 g/mol. The van der Waals surface area contributed by atoms with Crippen molar-refractivity contribution >= 4 is 11.6 Å². The number of halogens is 1. The Bertz CT molecular complexity index is 623. The number of carbonyl (C=O) groups excluding carboxylic acids is 1. The van der Waals surface area contributed by atoms with Gasteiger partial charge in [0.2, 0.25) is 0 Å². The third-order valence-corrected chi connectivity index (χ3v) is 3.22. The molecule has 0 aliphatic carbocycles. The Labute approximate surface area is 124 Å². The summed E-state index contributed by atoms with van der Waals surface area (Å²) in [6, 6.07) is 11.7. The van der Waals surface area contributed by atoms with Crippen molar-refractivity contribution in [2.75, 3.05) is 11.9 Å². The highest BCUT2D eigenvalue weighted by Crippen LogP contribution is 2.16. The van der Waals surface area contributed by atoms with Crippen LogP contribution in [0.3, 0.4) is 0 Å². The van der Waals surface area contributed by atoms with E-state index in [0.29, 0.717) is 12.1 Å². The molecule has 0 aromatic heterocycles. The molecule has 0 heterocycles. The fourth-order valence-electron chi connectivity index (χ4n) is 2.08. The van der Waals surface area contributed by atoms with Crippen LogP contribution in [0, 0.1) is 12.7 Å². The maximum atomic E-state index is 12.8. The molecule has 21 heavy (non-hydrogen) atoms.